The fourth-order valence-corrected chi connectivity index (χ4v) is 1.72. The second-order valence-electron chi connectivity index (χ2n) is 4.54. The molecule has 0 saturated heterocycles. The number of hydrogen-bond donors (Lipinski definition) is 1. The van der Waals surface area contributed by atoms with E-state index >= 15 is 0 Å². The molecule has 110 valence electrons. The number of aromatic nitrogens is 1. The van der Waals surface area contributed by atoms with Crippen LogP contribution in [0, 0.1) is 6.92 Å². The average molecular weight is 287 g/mol. The summed E-state index contributed by atoms with van der Waals surface area (Å²) in [6.07, 6.45) is 2.48. The second kappa shape index (κ2) is 6.74. The number of carboxylic acid groups (broad SMARTS) is 1. The summed E-state index contributed by atoms with van der Waals surface area (Å²) in [7, 11) is 0. The van der Waals surface area contributed by atoms with Gasteiger partial charge in [0.25, 0.3) is 5.88 Å². The summed E-state index contributed by atoms with van der Waals surface area (Å²) in [5, 5.41) is 9.04. The molecule has 0 aliphatic heterocycles. The van der Waals surface area contributed by atoms with E-state index in [9.17, 15) is 4.79 Å². The van der Waals surface area contributed by atoms with Gasteiger partial charge in [0.2, 0.25) is 0 Å². The third-order valence-electron chi connectivity index (χ3n) is 2.84. The van der Waals surface area contributed by atoms with Gasteiger partial charge < -0.3 is 14.6 Å². The molecular weight excluding hydrogens is 270 g/mol. The molecule has 0 saturated carbocycles. The zero-order valence-electron chi connectivity index (χ0n) is 12.0. The minimum Gasteiger partial charge on any atom is -0.488 e. The molecule has 1 N–H and O–H groups in total. The Labute approximate surface area is 123 Å². The molecule has 0 aliphatic carbocycles. The predicted molar refractivity (Wildman–Crippen MR) is 78.2 cm³/mol. The third-order valence-corrected chi connectivity index (χ3v) is 2.84. The van der Waals surface area contributed by atoms with Crippen LogP contribution in [0.3, 0.4) is 0 Å². The summed E-state index contributed by atoms with van der Waals surface area (Å²) in [6.45, 7) is 4.42. The summed E-state index contributed by atoms with van der Waals surface area (Å²) in [4.78, 5) is 15.2. The molecule has 0 bridgehead atoms. The molecule has 1 aromatic carbocycles. The highest BCUT2D eigenvalue weighted by atomic mass is 16.5. The van der Waals surface area contributed by atoms with Crippen molar-refractivity contribution in [3.05, 3.63) is 47.7 Å². The lowest BCUT2D eigenvalue weighted by molar-refractivity contribution is 0.0696. The number of pyridine rings is 1. The minimum absolute atomic E-state index is 0.169. The van der Waals surface area contributed by atoms with Crippen molar-refractivity contribution in [1.82, 2.24) is 4.98 Å². The van der Waals surface area contributed by atoms with Crippen molar-refractivity contribution >= 4 is 5.97 Å². The zero-order valence-corrected chi connectivity index (χ0v) is 12.0. The Hall–Kier alpha value is -2.56. The van der Waals surface area contributed by atoms with E-state index in [1.165, 1.54) is 12.1 Å². The van der Waals surface area contributed by atoms with E-state index < -0.39 is 5.97 Å². The Morgan fingerprint density at radius 1 is 1.29 bits per heavy atom. The number of benzene rings is 1. The average Bonchev–Trinajstić information content (AvgIpc) is 2.48. The first kappa shape index (κ1) is 14.8. The Kier molecular flexibility index (Phi) is 4.77. The first-order valence-corrected chi connectivity index (χ1v) is 6.71. The van der Waals surface area contributed by atoms with Crippen molar-refractivity contribution in [2.45, 2.75) is 20.3 Å². The number of aryl methyl sites for hydroxylation is 1. The van der Waals surface area contributed by atoms with Gasteiger partial charge in [-0.3, -0.25) is 0 Å². The first-order chi connectivity index (χ1) is 10.1. The van der Waals surface area contributed by atoms with E-state index in [1.54, 1.807) is 24.4 Å². The summed E-state index contributed by atoms with van der Waals surface area (Å²) in [5.41, 5.74) is 0.995. The number of carbonyl (C=O) groups is 1. The molecule has 21 heavy (non-hydrogen) atoms. The Balaban J connectivity index is 2.29. The topological polar surface area (TPSA) is 68.7 Å². The van der Waals surface area contributed by atoms with E-state index in [0.717, 1.165) is 12.0 Å². The first-order valence-electron chi connectivity index (χ1n) is 6.71. The van der Waals surface area contributed by atoms with Gasteiger partial charge in [-0.25, -0.2) is 9.78 Å². The fourth-order valence-electron chi connectivity index (χ4n) is 1.72. The van der Waals surface area contributed by atoms with E-state index in [2.05, 4.69) is 4.98 Å². The zero-order chi connectivity index (χ0) is 15.2. The standard InChI is InChI=1S/C16H17NO4/c1-3-9-20-13-5-4-8-17-15(13)21-14-10-12(16(18)19)7-6-11(14)2/h4-8,10H,3,9H2,1-2H3,(H,18,19). The van der Waals surface area contributed by atoms with Crippen LogP contribution in [0.25, 0.3) is 0 Å². The lowest BCUT2D eigenvalue weighted by Gasteiger charge is -2.12. The smallest absolute Gasteiger partial charge is 0.335 e. The van der Waals surface area contributed by atoms with Crippen molar-refractivity contribution < 1.29 is 19.4 Å². The van der Waals surface area contributed by atoms with Crippen molar-refractivity contribution in [2.24, 2.45) is 0 Å². The molecule has 0 fully saturated rings. The van der Waals surface area contributed by atoms with Crippen molar-refractivity contribution in [1.29, 1.82) is 0 Å². The minimum atomic E-state index is -0.997. The quantitative estimate of drug-likeness (QED) is 0.877. The van der Waals surface area contributed by atoms with Gasteiger partial charge in [-0.2, -0.15) is 0 Å². The molecule has 2 rings (SSSR count). The van der Waals surface area contributed by atoms with Gasteiger partial charge in [0.1, 0.15) is 5.75 Å². The molecule has 0 unspecified atom stereocenters. The maximum absolute atomic E-state index is 11.0. The molecule has 5 nitrogen and oxygen atoms in total. The monoisotopic (exact) mass is 287 g/mol. The van der Waals surface area contributed by atoms with Crippen molar-refractivity contribution in [3.8, 4) is 17.4 Å². The molecule has 2 aromatic rings. The molecule has 0 atom stereocenters. The highest BCUT2D eigenvalue weighted by Gasteiger charge is 2.11. The van der Waals surface area contributed by atoms with Crippen molar-refractivity contribution in [2.75, 3.05) is 6.61 Å². The second-order valence-corrected chi connectivity index (χ2v) is 4.54. The van der Waals surface area contributed by atoms with Crippen LogP contribution >= 0.6 is 0 Å². The van der Waals surface area contributed by atoms with Crippen LogP contribution < -0.4 is 9.47 Å². The maximum atomic E-state index is 11.0. The van der Waals surface area contributed by atoms with Gasteiger partial charge in [0, 0.05) is 6.20 Å². The highest BCUT2D eigenvalue weighted by molar-refractivity contribution is 5.88. The molecule has 0 aliphatic rings. The van der Waals surface area contributed by atoms with Gasteiger partial charge in [0.15, 0.2) is 5.75 Å². The van der Waals surface area contributed by atoms with Crippen LogP contribution in [0.2, 0.25) is 0 Å². The van der Waals surface area contributed by atoms with Gasteiger partial charge in [-0.05, 0) is 43.2 Å². The highest BCUT2D eigenvalue weighted by Crippen LogP contribution is 2.31. The molecule has 0 radical (unpaired) electrons. The normalized spacial score (nSPS) is 10.2. The van der Waals surface area contributed by atoms with Crippen LogP contribution in [-0.4, -0.2) is 22.7 Å². The van der Waals surface area contributed by atoms with Crippen molar-refractivity contribution in [3.63, 3.8) is 0 Å². The summed E-state index contributed by atoms with van der Waals surface area (Å²) >= 11 is 0. The van der Waals surface area contributed by atoms with E-state index in [1.807, 2.05) is 13.8 Å². The predicted octanol–water partition coefficient (Wildman–Crippen LogP) is 3.67. The summed E-state index contributed by atoms with van der Waals surface area (Å²) < 4.78 is 11.3. The number of aromatic carboxylic acids is 1. The number of carboxylic acids is 1. The molecule has 1 aromatic heterocycles. The molecular formula is C16H17NO4. The number of rotatable bonds is 6. The Bertz CT molecular complexity index is 640. The number of nitrogens with zero attached hydrogens (tertiary/aromatic N) is 1. The van der Waals surface area contributed by atoms with Gasteiger partial charge in [-0.1, -0.05) is 13.0 Å². The Morgan fingerprint density at radius 2 is 2.10 bits per heavy atom. The summed E-state index contributed by atoms with van der Waals surface area (Å²) in [6, 6.07) is 8.26. The lowest BCUT2D eigenvalue weighted by Crippen LogP contribution is -2.01. The van der Waals surface area contributed by atoms with E-state index in [-0.39, 0.29) is 5.56 Å². The largest absolute Gasteiger partial charge is 0.488 e. The third kappa shape index (κ3) is 3.72. The fraction of sp³-hybridized carbons (Fsp3) is 0.250. The van der Waals surface area contributed by atoms with Gasteiger partial charge >= 0.3 is 5.97 Å². The maximum Gasteiger partial charge on any atom is 0.335 e. The number of hydrogen-bond acceptors (Lipinski definition) is 4. The van der Waals surface area contributed by atoms with Crippen LogP contribution in [0.1, 0.15) is 29.3 Å². The van der Waals surface area contributed by atoms with E-state index in [0.29, 0.717) is 24.0 Å². The van der Waals surface area contributed by atoms with Gasteiger partial charge in [-0.15, -0.1) is 0 Å². The van der Waals surface area contributed by atoms with E-state index in [4.69, 9.17) is 14.6 Å². The summed E-state index contributed by atoms with van der Waals surface area (Å²) in [5.74, 6) is 0.328. The van der Waals surface area contributed by atoms with Gasteiger partial charge in [0.05, 0.1) is 12.2 Å². The van der Waals surface area contributed by atoms with Crippen LogP contribution in [0.4, 0.5) is 0 Å². The molecule has 5 heteroatoms. The SMILES string of the molecule is CCCOc1cccnc1Oc1cc(C(=O)O)ccc1C. The lowest BCUT2D eigenvalue weighted by atomic mass is 10.1. The number of ether oxygens (including phenoxy) is 2. The molecule has 1 heterocycles. The Morgan fingerprint density at radius 3 is 2.81 bits per heavy atom. The van der Waals surface area contributed by atoms with Crippen LogP contribution in [-0.2, 0) is 0 Å². The molecule has 0 spiro atoms. The van der Waals surface area contributed by atoms with Crippen LogP contribution in [0.15, 0.2) is 36.5 Å². The van der Waals surface area contributed by atoms with Crippen LogP contribution in [0.5, 0.6) is 17.4 Å². The molecule has 0 amide bonds.